The number of aromatic nitrogens is 2. The quantitative estimate of drug-likeness (QED) is 0.408. The van der Waals surface area contributed by atoms with E-state index < -0.39 is 10.0 Å². The first-order valence-corrected chi connectivity index (χ1v) is 11.5. The number of hydrogen-bond donors (Lipinski definition) is 2. The molecule has 10 heteroatoms. The fraction of sp³-hybridized carbons (Fsp3) is 0.0952. The molecule has 0 fully saturated rings. The number of aryl methyl sites for hydroxylation is 1. The molecule has 0 saturated heterocycles. The molecule has 0 aliphatic rings. The van der Waals surface area contributed by atoms with Crippen LogP contribution >= 0.6 is 11.3 Å². The summed E-state index contributed by atoms with van der Waals surface area (Å²) >= 11 is 1.43. The molecule has 0 radical (unpaired) electrons. The molecule has 156 valence electrons. The van der Waals surface area contributed by atoms with Gasteiger partial charge >= 0.3 is 0 Å². The molecule has 0 amide bonds. The van der Waals surface area contributed by atoms with E-state index in [1.807, 2.05) is 24.3 Å². The third-order valence-electron chi connectivity index (χ3n) is 4.58. The fourth-order valence-electron chi connectivity index (χ4n) is 2.71. The smallest absolute Gasteiger partial charge is 0.264 e. The van der Waals surface area contributed by atoms with Gasteiger partial charge in [0.25, 0.3) is 10.0 Å². The van der Waals surface area contributed by atoms with E-state index in [0.29, 0.717) is 27.5 Å². The van der Waals surface area contributed by atoms with Crippen molar-refractivity contribution in [2.24, 2.45) is 0 Å². The minimum atomic E-state index is -3.82. The normalized spacial score (nSPS) is 12.0. The molecule has 0 atom stereocenters. The molecule has 31 heavy (non-hydrogen) atoms. The Bertz CT molecular complexity index is 1390. The fourth-order valence-corrected chi connectivity index (χ4v) is 4.68. The molecule has 2 aromatic carbocycles. The number of hydrogen-bond acceptors (Lipinski definition) is 8. The Morgan fingerprint density at radius 1 is 1.16 bits per heavy atom. The van der Waals surface area contributed by atoms with E-state index in [0.717, 1.165) is 10.2 Å². The Hall–Kier alpha value is -3.68. The number of nitrogens with one attached hydrogen (secondary N) is 2. The Morgan fingerprint density at radius 2 is 1.90 bits per heavy atom. The zero-order chi connectivity index (χ0) is 22.0. The molecule has 2 aromatic heterocycles. The lowest BCUT2D eigenvalue weighted by atomic mass is 10.3. The molecule has 0 aliphatic carbocycles. The number of para-hydroxylation sites is 1. The molecule has 4 rings (SSSR count). The summed E-state index contributed by atoms with van der Waals surface area (Å²) in [7, 11) is -3.82. The van der Waals surface area contributed by atoms with Crippen LogP contribution in [-0.4, -0.2) is 18.6 Å². The van der Waals surface area contributed by atoms with Crippen molar-refractivity contribution in [2.75, 3.05) is 10.0 Å². The van der Waals surface area contributed by atoms with Crippen LogP contribution in [-0.2, 0) is 10.0 Å². The summed E-state index contributed by atoms with van der Waals surface area (Å²) in [5, 5.41) is 16.9. The second-order valence-electron chi connectivity index (χ2n) is 6.65. The van der Waals surface area contributed by atoms with Gasteiger partial charge in [0.05, 0.1) is 20.8 Å². The van der Waals surface area contributed by atoms with Crippen LogP contribution in [0.3, 0.4) is 0 Å². The molecule has 2 N–H and O–H groups in total. The maximum atomic E-state index is 12.6. The predicted octanol–water partition coefficient (Wildman–Crippen LogP) is 4.68. The first kappa shape index (κ1) is 20.6. The first-order valence-electron chi connectivity index (χ1n) is 9.16. The number of allylic oxidation sites excluding steroid dienone is 1. The van der Waals surface area contributed by atoms with Crippen molar-refractivity contribution in [3.8, 4) is 6.07 Å². The van der Waals surface area contributed by atoms with Gasteiger partial charge in [0.1, 0.15) is 16.6 Å². The van der Waals surface area contributed by atoms with E-state index in [9.17, 15) is 13.7 Å². The van der Waals surface area contributed by atoms with Crippen LogP contribution in [0.5, 0.6) is 0 Å². The van der Waals surface area contributed by atoms with Crippen molar-refractivity contribution in [3.63, 3.8) is 0 Å². The number of anilines is 2. The van der Waals surface area contributed by atoms with E-state index >= 15 is 0 Å². The number of rotatable bonds is 6. The van der Waals surface area contributed by atoms with Gasteiger partial charge in [-0.3, -0.25) is 0 Å². The number of fused-ring (bicyclic) bond motifs is 1. The highest BCUT2D eigenvalue weighted by Gasteiger charge is 2.19. The van der Waals surface area contributed by atoms with Crippen LogP contribution in [0.25, 0.3) is 15.8 Å². The summed E-state index contributed by atoms with van der Waals surface area (Å²) in [5.41, 5.74) is 3.09. The second-order valence-corrected chi connectivity index (χ2v) is 9.37. The standard InChI is InChI=1S/C21H17N5O3S2/c1-13-14(2)25-29-20(13)26-31(27,28)17-9-7-16(8-10-17)23-12-15(11-22)21-24-18-5-3-4-6-19(18)30-21/h3-10,12,23,26H,1-2H3. The van der Waals surface area contributed by atoms with E-state index in [2.05, 4.69) is 26.2 Å². The zero-order valence-corrected chi connectivity index (χ0v) is 18.2. The molecule has 0 saturated carbocycles. The van der Waals surface area contributed by atoms with Crippen LogP contribution in [0.4, 0.5) is 11.6 Å². The highest BCUT2D eigenvalue weighted by molar-refractivity contribution is 7.92. The van der Waals surface area contributed by atoms with Crippen molar-refractivity contribution in [3.05, 3.63) is 71.0 Å². The van der Waals surface area contributed by atoms with Crippen molar-refractivity contribution >= 4 is 48.7 Å². The predicted molar refractivity (Wildman–Crippen MR) is 120 cm³/mol. The summed E-state index contributed by atoms with van der Waals surface area (Å²) < 4.78 is 33.6. The molecule has 0 spiro atoms. The number of sulfonamides is 1. The number of benzene rings is 2. The number of nitrogens with zero attached hydrogens (tertiary/aromatic N) is 3. The monoisotopic (exact) mass is 451 g/mol. The van der Waals surface area contributed by atoms with Gasteiger partial charge in [-0.15, -0.1) is 11.3 Å². The highest BCUT2D eigenvalue weighted by Crippen LogP contribution is 2.27. The lowest BCUT2D eigenvalue weighted by Crippen LogP contribution is -2.13. The lowest BCUT2D eigenvalue weighted by molar-refractivity contribution is 0.430. The van der Waals surface area contributed by atoms with Crippen molar-refractivity contribution < 1.29 is 12.9 Å². The van der Waals surface area contributed by atoms with Crippen LogP contribution in [0.15, 0.2) is 64.1 Å². The molecule has 8 nitrogen and oxygen atoms in total. The van der Waals surface area contributed by atoms with E-state index in [1.165, 1.54) is 23.5 Å². The minimum Gasteiger partial charge on any atom is -0.360 e. The summed E-state index contributed by atoms with van der Waals surface area (Å²) in [6.45, 7) is 3.45. The molecule has 0 aliphatic heterocycles. The molecular weight excluding hydrogens is 434 g/mol. The number of nitriles is 1. The van der Waals surface area contributed by atoms with Gasteiger partial charge in [-0.05, 0) is 50.2 Å². The van der Waals surface area contributed by atoms with Gasteiger partial charge in [-0.25, -0.2) is 18.1 Å². The summed E-state index contributed by atoms with van der Waals surface area (Å²) in [4.78, 5) is 4.55. The summed E-state index contributed by atoms with van der Waals surface area (Å²) in [6.07, 6.45) is 1.56. The van der Waals surface area contributed by atoms with E-state index in [-0.39, 0.29) is 10.8 Å². The topological polar surface area (TPSA) is 121 Å². The van der Waals surface area contributed by atoms with Gasteiger partial charge in [0.15, 0.2) is 0 Å². The Morgan fingerprint density at radius 3 is 2.55 bits per heavy atom. The number of thiazole rings is 1. The Labute approximate surface area is 182 Å². The maximum absolute atomic E-state index is 12.6. The largest absolute Gasteiger partial charge is 0.360 e. The van der Waals surface area contributed by atoms with Crippen LogP contribution < -0.4 is 10.0 Å². The van der Waals surface area contributed by atoms with Crippen molar-refractivity contribution in [1.29, 1.82) is 5.26 Å². The molecule has 4 aromatic rings. The first-order chi connectivity index (χ1) is 14.9. The molecule has 2 heterocycles. The van der Waals surface area contributed by atoms with Crippen LogP contribution in [0, 0.1) is 25.2 Å². The van der Waals surface area contributed by atoms with Crippen LogP contribution in [0.1, 0.15) is 16.3 Å². The van der Waals surface area contributed by atoms with Gasteiger partial charge in [0, 0.05) is 17.5 Å². The summed E-state index contributed by atoms with van der Waals surface area (Å²) in [5.74, 6) is 0.0946. The molecule has 0 bridgehead atoms. The third kappa shape index (κ3) is 4.28. The summed E-state index contributed by atoms with van der Waals surface area (Å²) in [6, 6.07) is 15.9. The van der Waals surface area contributed by atoms with Gasteiger partial charge in [0.2, 0.25) is 5.88 Å². The zero-order valence-electron chi connectivity index (χ0n) is 16.6. The lowest BCUT2D eigenvalue weighted by Gasteiger charge is -2.07. The van der Waals surface area contributed by atoms with Crippen LogP contribution in [0.2, 0.25) is 0 Å². The molecular formula is C21H17N5O3S2. The Balaban J connectivity index is 1.51. The van der Waals surface area contributed by atoms with E-state index in [1.54, 1.807) is 32.2 Å². The average molecular weight is 452 g/mol. The van der Waals surface area contributed by atoms with Crippen molar-refractivity contribution in [1.82, 2.24) is 10.1 Å². The van der Waals surface area contributed by atoms with Gasteiger partial charge in [-0.2, -0.15) is 5.26 Å². The third-order valence-corrected chi connectivity index (χ3v) is 6.99. The highest BCUT2D eigenvalue weighted by atomic mass is 32.2. The average Bonchev–Trinajstić information content (AvgIpc) is 3.33. The Kier molecular flexibility index (Phi) is 5.46. The van der Waals surface area contributed by atoms with Gasteiger partial charge < -0.3 is 9.84 Å². The second kappa shape index (κ2) is 8.22. The van der Waals surface area contributed by atoms with Gasteiger partial charge in [-0.1, -0.05) is 17.3 Å². The van der Waals surface area contributed by atoms with E-state index in [4.69, 9.17) is 4.52 Å². The van der Waals surface area contributed by atoms with Crippen molar-refractivity contribution in [2.45, 2.75) is 18.7 Å². The minimum absolute atomic E-state index is 0.0714. The maximum Gasteiger partial charge on any atom is 0.264 e. The molecule has 0 unspecified atom stereocenters. The SMILES string of the molecule is Cc1noc(NS(=O)(=O)c2ccc(NC=C(C#N)c3nc4ccccc4s3)cc2)c1C.